The Hall–Kier alpha value is -1.18. The van der Waals surface area contributed by atoms with E-state index in [0.29, 0.717) is 18.8 Å². The van der Waals surface area contributed by atoms with E-state index in [4.69, 9.17) is 4.74 Å². The summed E-state index contributed by atoms with van der Waals surface area (Å²) in [5.74, 6) is -0.511. The molecule has 2 saturated heterocycles. The quantitative estimate of drug-likeness (QED) is 0.908. The van der Waals surface area contributed by atoms with Crippen LogP contribution in [0.15, 0.2) is 23.1 Å². The molecule has 2 fully saturated rings. The summed E-state index contributed by atoms with van der Waals surface area (Å²) in [4.78, 5) is 1.88. The molecule has 2 aliphatic rings. The van der Waals surface area contributed by atoms with Gasteiger partial charge in [0.05, 0.1) is 22.8 Å². The van der Waals surface area contributed by atoms with E-state index in [1.54, 1.807) is 0 Å². The minimum atomic E-state index is -3.61. The first-order valence-electron chi connectivity index (χ1n) is 6.63. The van der Waals surface area contributed by atoms with Crippen LogP contribution >= 0.6 is 0 Å². The van der Waals surface area contributed by atoms with Crippen LogP contribution in [0.3, 0.4) is 0 Å². The molecule has 110 valence electrons. The third-order valence-corrected chi connectivity index (χ3v) is 5.29. The van der Waals surface area contributed by atoms with E-state index < -0.39 is 15.8 Å². The van der Waals surface area contributed by atoms with Crippen molar-refractivity contribution in [2.24, 2.45) is 0 Å². The highest BCUT2D eigenvalue weighted by atomic mass is 32.2. The van der Waals surface area contributed by atoms with Crippen molar-refractivity contribution < 1.29 is 17.5 Å². The summed E-state index contributed by atoms with van der Waals surface area (Å²) in [5.41, 5.74) is 0.445. The maximum atomic E-state index is 14.2. The van der Waals surface area contributed by atoms with Gasteiger partial charge in [-0.1, -0.05) is 0 Å². The monoisotopic (exact) mass is 300 g/mol. The molecule has 2 aliphatic heterocycles. The number of sulfonamides is 1. The van der Waals surface area contributed by atoms with Crippen LogP contribution < -0.4 is 9.62 Å². The lowest BCUT2D eigenvalue weighted by atomic mass is 10.2. The van der Waals surface area contributed by atoms with E-state index in [-0.39, 0.29) is 17.1 Å². The Morgan fingerprint density at radius 1 is 1.30 bits per heavy atom. The molecule has 20 heavy (non-hydrogen) atoms. The topological polar surface area (TPSA) is 58.6 Å². The van der Waals surface area contributed by atoms with Crippen LogP contribution in [-0.4, -0.2) is 40.8 Å². The molecule has 0 aliphatic carbocycles. The zero-order chi connectivity index (χ0) is 14.3. The van der Waals surface area contributed by atoms with Gasteiger partial charge < -0.3 is 9.64 Å². The van der Waals surface area contributed by atoms with Gasteiger partial charge in [0.2, 0.25) is 10.0 Å². The summed E-state index contributed by atoms with van der Waals surface area (Å²) in [6.45, 7) is 1.32. The Bertz CT molecular complexity index is 608. The number of hydrogen-bond acceptors (Lipinski definition) is 4. The van der Waals surface area contributed by atoms with Crippen molar-refractivity contribution in [3.8, 4) is 0 Å². The lowest BCUT2D eigenvalue weighted by Crippen LogP contribution is -2.43. The van der Waals surface area contributed by atoms with Crippen LogP contribution in [-0.2, 0) is 14.8 Å². The van der Waals surface area contributed by atoms with Gasteiger partial charge in [-0.25, -0.2) is 17.5 Å². The number of rotatable bonds is 3. The molecule has 0 amide bonds. The van der Waals surface area contributed by atoms with Crippen LogP contribution in [0.5, 0.6) is 0 Å². The Morgan fingerprint density at radius 3 is 2.50 bits per heavy atom. The standard InChI is InChI=1S/C13H17FN2O3S/c1-15-20(17,18)11-4-5-13(12(14)6-11)16-7-9-2-3-10(8-16)19-9/h4-6,9-10,15H,2-3,7-8H2,1H3. The first-order valence-corrected chi connectivity index (χ1v) is 8.11. The van der Waals surface area contributed by atoms with Gasteiger partial charge in [0, 0.05) is 13.1 Å². The fraction of sp³-hybridized carbons (Fsp3) is 0.538. The summed E-state index contributed by atoms with van der Waals surface area (Å²) in [7, 11) is -2.30. The van der Waals surface area contributed by atoms with Crippen molar-refractivity contribution in [2.75, 3.05) is 25.0 Å². The molecular weight excluding hydrogens is 283 g/mol. The second kappa shape index (κ2) is 4.98. The molecule has 7 heteroatoms. The number of morpholine rings is 1. The van der Waals surface area contributed by atoms with Crippen LogP contribution in [0, 0.1) is 5.82 Å². The third kappa shape index (κ3) is 2.41. The SMILES string of the molecule is CNS(=O)(=O)c1ccc(N2CC3CCC(C2)O3)c(F)c1. The number of ether oxygens (including phenoxy) is 1. The third-order valence-electron chi connectivity index (χ3n) is 3.88. The molecule has 1 aromatic carbocycles. The summed E-state index contributed by atoms with van der Waals surface area (Å²) >= 11 is 0. The molecule has 0 aromatic heterocycles. The first kappa shape index (κ1) is 13.8. The smallest absolute Gasteiger partial charge is 0.240 e. The minimum absolute atomic E-state index is 0.0579. The molecule has 2 unspecified atom stereocenters. The molecule has 0 radical (unpaired) electrons. The average molecular weight is 300 g/mol. The Balaban J connectivity index is 1.88. The molecule has 3 rings (SSSR count). The number of anilines is 1. The van der Waals surface area contributed by atoms with Crippen molar-refractivity contribution in [3.05, 3.63) is 24.0 Å². The van der Waals surface area contributed by atoms with Gasteiger partial charge in [-0.15, -0.1) is 0 Å². The number of fused-ring (bicyclic) bond motifs is 2. The van der Waals surface area contributed by atoms with E-state index in [2.05, 4.69) is 4.72 Å². The average Bonchev–Trinajstić information content (AvgIpc) is 2.77. The van der Waals surface area contributed by atoms with Gasteiger partial charge in [0.1, 0.15) is 5.82 Å². The predicted octanol–water partition coefficient (Wildman–Crippen LogP) is 1.10. The first-order chi connectivity index (χ1) is 9.49. The van der Waals surface area contributed by atoms with Crippen molar-refractivity contribution in [2.45, 2.75) is 29.9 Å². The molecule has 2 atom stereocenters. The number of nitrogens with one attached hydrogen (secondary N) is 1. The summed E-state index contributed by atoms with van der Waals surface area (Å²) < 4.78 is 45.4. The molecule has 2 heterocycles. The normalized spacial score (nSPS) is 26.0. The summed E-state index contributed by atoms with van der Waals surface area (Å²) in [5, 5.41) is 0. The van der Waals surface area contributed by atoms with E-state index in [0.717, 1.165) is 18.9 Å². The van der Waals surface area contributed by atoms with Crippen LogP contribution in [0.2, 0.25) is 0 Å². The van der Waals surface area contributed by atoms with Gasteiger partial charge in [-0.05, 0) is 38.1 Å². The Labute approximate surface area is 117 Å². The van der Waals surface area contributed by atoms with E-state index in [1.807, 2.05) is 4.90 Å². The molecule has 2 bridgehead atoms. The maximum Gasteiger partial charge on any atom is 0.240 e. The number of halogens is 1. The Kier molecular flexibility index (Phi) is 3.43. The minimum Gasteiger partial charge on any atom is -0.371 e. The fourth-order valence-electron chi connectivity index (χ4n) is 2.84. The van der Waals surface area contributed by atoms with E-state index in [1.165, 1.54) is 19.2 Å². The summed E-state index contributed by atoms with van der Waals surface area (Å²) in [6, 6.07) is 4.03. The second-order valence-electron chi connectivity index (χ2n) is 5.18. The molecular formula is C13H17FN2O3S. The molecule has 0 spiro atoms. The van der Waals surface area contributed by atoms with Crippen molar-refractivity contribution in [1.29, 1.82) is 0 Å². The number of benzene rings is 1. The molecule has 0 saturated carbocycles. The number of nitrogens with zero attached hydrogens (tertiary/aromatic N) is 1. The fourth-order valence-corrected chi connectivity index (χ4v) is 3.58. The molecule has 1 N–H and O–H groups in total. The van der Waals surface area contributed by atoms with Crippen LogP contribution in [0.25, 0.3) is 0 Å². The lowest BCUT2D eigenvalue weighted by molar-refractivity contribution is 0.0303. The highest BCUT2D eigenvalue weighted by Crippen LogP contribution is 2.31. The van der Waals surface area contributed by atoms with E-state index >= 15 is 0 Å². The largest absolute Gasteiger partial charge is 0.371 e. The predicted molar refractivity (Wildman–Crippen MR) is 72.8 cm³/mol. The molecule has 5 nitrogen and oxygen atoms in total. The van der Waals surface area contributed by atoms with Gasteiger partial charge >= 0.3 is 0 Å². The maximum absolute atomic E-state index is 14.2. The van der Waals surface area contributed by atoms with Crippen LogP contribution in [0.1, 0.15) is 12.8 Å². The van der Waals surface area contributed by atoms with Gasteiger partial charge in [0.25, 0.3) is 0 Å². The van der Waals surface area contributed by atoms with Crippen molar-refractivity contribution in [3.63, 3.8) is 0 Å². The van der Waals surface area contributed by atoms with Crippen molar-refractivity contribution in [1.82, 2.24) is 4.72 Å². The zero-order valence-electron chi connectivity index (χ0n) is 11.2. The van der Waals surface area contributed by atoms with Crippen molar-refractivity contribution >= 4 is 15.7 Å². The van der Waals surface area contributed by atoms with Crippen LogP contribution in [0.4, 0.5) is 10.1 Å². The van der Waals surface area contributed by atoms with Gasteiger partial charge in [-0.2, -0.15) is 0 Å². The number of hydrogen-bond donors (Lipinski definition) is 1. The zero-order valence-corrected chi connectivity index (χ0v) is 12.0. The second-order valence-corrected chi connectivity index (χ2v) is 7.07. The van der Waals surface area contributed by atoms with E-state index in [9.17, 15) is 12.8 Å². The van der Waals surface area contributed by atoms with Gasteiger partial charge in [0.15, 0.2) is 0 Å². The highest BCUT2D eigenvalue weighted by Gasteiger charge is 2.34. The highest BCUT2D eigenvalue weighted by molar-refractivity contribution is 7.89. The Morgan fingerprint density at radius 2 is 1.95 bits per heavy atom. The lowest BCUT2D eigenvalue weighted by Gasteiger charge is -2.34. The van der Waals surface area contributed by atoms with Gasteiger partial charge in [-0.3, -0.25) is 0 Å². The molecule has 1 aromatic rings. The summed E-state index contributed by atoms with van der Waals surface area (Å²) in [6.07, 6.45) is 2.34.